The lowest BCUT2D eigenvalue weighted by Crippen LogP contribution is -2.31. The van der Waals surface area contributed by atoms with E-state index in [9.17, 15) is 13.2 Å². The maximum absolute atomic E-state index is 12.5. The Kier molecular flexibility index (Phi) is 3.77. The van der Waals surface area contributed by atoms with E-state index in [0.29, 0.717) is 18.5 Å². The van der Waals surface area contributed by atoms with Crippen LogP contribution >= 0.6 is 0 Å². The Bertz CT molecular complexity index is 924. The molecule has 7 heteroatoms. The maximum Gasteiger partial charge on any atom is 0.274 e. The summed E-state index contributed by atoms with van der Waals surface area (Å²) >= 11 is 0. The van der Waals surface area contributed by atoms with Crippen LogP contribution in [0.5, 0.6) is 0 Å². The summed E-state index contributed by atoms with van der Waals surface area (Å²) in [6.07, 6.45) is 0.632. The van der Waals surface area contributed by atoms with Crippen LogP contribution in [0.1, 0.15) is 33.2 Å². The average Bonchev–Trinajstić information content (AvgIpc) is 3.11. The van der Waals surface area contributed by atoms with E-state index < -0.39 is 21.0 Å². The maximum atomic E-state index is 12.5. The first kappa shape index (κ1) is 16.1. The van der Waals surface area contributed by atoms with Gasteiger partial charge in [-0.1, -0.05) is 30.3 Å². The summed E-state index contributed by atoms with van der Waals surface area (Å²) in [7, 11) is -3.11. The smallest absolute Gasteiger partial charge is 0.274 e. The van der Waals surface area contributed by atoms with Crippen molar-refractivity contribution in [1.82, 2.24) is 5.48 Å². The van der Waals surface area contributed by atoms with Crippen LogP contribution in [0.2, 0.25) is 0 Å². The number of carbonyl (C=O) groups is 1. The summed E-state index contributed by atoms with van der Waals surface area (Å²) in [6.45, 7) is 0.578. The number of para-hydroxylation sites is 1. The Morgan fingerprint density at radius 1 is 1.16 bits per heavy atom. The Balaban J connectivity index is 1.66. The number of fused-ring (bicyclic) bond motifs is 3. The summed E-state index contributed by atoms with van der Waals surface area (Å²) in [5, 5.41) is 8.24. The molecular formula is C18H18N2O4S. The molecule has 2 aromatic rings. The van der Waals surface area contributed by atoms with E-state index >= 15 is 0 Å². The molecule has 2 atom stereocenters. The lowest BCUT2D eigenvalue weighted by Gasteiger charge is -2.26. The predicted octanol–water partition coefficient (Wildman–Crippen LogP) is 2.05. The second-order valence-corrected chi connectivity index (χ2v) is 8.71. The first-order valence-corrected chi connectivity index (χ1v) is 9.83. The van der Waals surface area contributed by atoms with Crippen LogP contribution < -0.4 is 10.4 Å². The highest BCUT2D eigenvalue weighted by Gasteiger charge is 2.50. The number of hydrogen-bond donors (Lipinski definition) is 2. The molecule has 130 valence electrons. The van der Waals surface area contributed by atoms with E-state index in [4.69, 9.17) is 5.21 Å². The lowest BCUT2D eigenvalue weighted by atomic mass is 10.1. The van der Waals surface area contributed by atoms with Gasteiger partial charge < -0.3 is 4.90 Å². The standard InChI is InChI=1S/C18H18N2O4S/c21-18(19-22)13-7-5-12(6-8-13)11-20-15-4-2-1-3-14(15)17-16(20)9-10-25(17,23)24/h1-8,16-17,22H,9-11H2,(H,19,21). The predicted molar refractivity (Wildman–Crippen MR) is 93.3 cm³/mol. The number of hydroxylamine groups is 1. The van der Waals surface area contributed by atoms with Crippen molar-refractivity contribution in [2.24, 2.45) is 0 Å². The van der Waals surface area contributed by atoms with Crippen molar-refractivity contribution in [2.45, 2.75) is 24.3 Å². The van der Waals surface area contributed by atoms with Gasteiger partial charge in [-0.2, -0.15) is 0 Å². The molecule has 25 heavy (non-hydrogen) atoms. The SMILES string of the molecule is O=C(NO)c1ccc(CN2c3ccccc3C3C2CCS3(=O)=O)cc1. The van der Waals surface area contributed by atoms with E-state index in [1.807, 2.05) is 36.4 Å². The summed E-state index contributed by atoms with van der Waals surface area (Å²) in [4.78, 5) is 13.6. The zero-order chi connectivity index (χ0) is 17.6. The number of sulfone groups is 1. The fraction of sp³-hybridized carbons (Fsp3) is 0.278. The highest BCUT2D eigenvalue weighted by atomic mass is 32.2. The third-order valence-corrected chi connectivity index (χ3v) is 7.20. The van der Waals surface area contributed by atoms with Gasteiger partial charge >= 0.3 is 0 Å². The summed E-state index contributed by atoms with van der Waals surface area (Å²) in [6, 6.07) is 14.6. The zero-order valence-corrected chi connectivity index (χ0v) is 14.2. The van der Waals surface area contributed by atoms with Gasteiger partial charge in [0.15, 0.2) is 9.84 Å². The fourth-order valence-corrected chi connectivity index (χ4v) is 6.09. The van der Waals surface area contributed by atoms with E-state index in [1.54, 1.807) is 17.6 Å². The molecule has 0 radical (unpaired) electrons. The molecule has 0 spiro atoms. The molecule has 6 nitrogen and oxygen atoms in total. The Morgan fingerprint density at radius 2 is 1.88 bits per heavy atom. The molecule has 4 rings (SSSR count). The Labute approximate surface area is 146 Å². The number of nitrogens with one attached hydrogen (secondary N) is 1. The minimum absolute atomic E-state index is 0.0391. The third-order valence-electron chi connectivity index (χ3n) is 5.06. The third kappa shape index (κ3) is 2.60. The van der Waals surface area contributed by atoms with Crippen molar-refractivity contribution < 1.29 is 18.4 Å². The van der Waals surface area contributed by atoms with Gasteiger partial charge in [-0.15, -0.1) is 0 Å². The highest BCUT2D eigenvalue weighted by molar-refractivity contribution is 7.92. The number of anilines is 1. The minimum Gasteiger partial charge on any atom is -0.362 e. The van der Waals surface area contributed by atoms with Gasteiger partial charge in [-0.3, -0.25) is 10.0 Å². The molecule has 1 fully saturated rings. The normalized spacial score (nSPS) is 23.2. The van der Waals surface area contributed by atoms with Gasteiger partial charge in [0.1, 0.15) is 5.25 Å². The van der Waals surface area contributed by atoms with E-state index in [0.717, 1.165) is 16.8 Å². The number of nitrogens with zero attached hydrogens (tertiary/aromatic N) is 1. The first-order chi connectivity index (χ1) is 12.0. The van der Waals surface area contributed by atoms with Crippen LogP contribution in [-0.2, 0) is 16.4 Å². The van der Waals surface area contributed by atoms with E-state index in [2.05, 4.69) is 4.90 Å². The minimum atomic E-state index is -3.11. The molecule has 0 bridgehead atoms. The van der Waals surface area contributed by atoms with Crippen LogP contribution in [0.4, 0.5) is 5.69 Å². The first-order valence-electron chi connectivity index (χ1n) is 8.12. The average molecular weight is 358 g/mol. The van der Waals surface area contributed by atoms with Crippen molar-refractivity contribution in [3.63, 3.8) is 0 Å². The molecule has 2 N–H and O–H groups in total. The van der Waals surface area contributed by atoms with Crippen molar-refractivity contribution in [2.75, 3.05) is 10.7 Å². The molecule has 1 amide bonds. The number of amides is 1. The number of hydrogen-bond acceptors (Lipinski definition) is 5. The quantitative estimate of drug-likeness (QED) is 0.648. The second kappa shape index (κ2) is 5.86. The fourth-order valence-electron chi connectivity index (χ4n) is 3.92. The Hall–Kier alpha value is -2.38. The molecule has 2 aliphatic rings. The van der Waals surface area contributed by atoms with Gasteiger partial charge in [0.25, 0.3) is 5.91 Å². The highest BCUT2D eigenvalue weighted by Crippen LogP contribution is 2.49. The molecule has 0 aromatic heterocycles. The van der Waals surface area contributed by atoms with Crippen molar-refractivity contribution in [1.29, 1.82) is 0 Å². The van der Waals surface area contributed by atoms with Crippen molar-refractivity contribution in [3.8, 4) is 0 Å². The van der Waals surface area contributed by atoms with E-state index in [1.165, 1.54) is 0 Å². The van der Waals surface area contributed by atoms with E-state index in [-0.39, 0.29) is 11.8 Å². The topological polar surface area (TPSA) is 86.7 Å². The molecule has 2 heterocycles. The number of carbonyl (C=O) groups excluding carboxylic acids is 1. The Morgan fingerprint density at radius 3 is 2.60 bits per heavy atom. The number of benzene rings is 2. The van der Waals surface area contributed by atoms with Crippen molar-refractivity contribution in [3.05, 3.63) is 65.2 Å². The largest absolute Gasteiger partial charge is 0.362 e. The van der Waals surface area contributed by atoms with Crippen LogP contribution in [-0.4, -0.2) is 31.3 Å². The van der Waals surface area contributed by atoms with Gasteiger partial charge in [0.05, 0.1) is 11.8 Å². The zero-order valence-electron chi connectivity index (χ0n) is 13.4. The monoisotopic (exact) mass is 358 g/mol. The van der Waals surface area contributed by atoms with Crippen LogP contribution in [0.3, 0.4) is 0 Å². The molecule has 0 saturated carbocycles. The van der Waals surface area contributed by atoms with Gasteiger partial charge in [0, 0.05) is 17.8 Å². The second-order valence-electron chi connectivity index (χ2n) is 6.47. The van der Waals surface area contributed by atoms with Crippen molar-refractivity contribution >= 4 is 21.4 Å². The van der Waals surface area contributed by atoms with Crippen LogP contribution in [0.15, 0.2) is 48.5 Å². The molecule has 2 aliphatic heterocycles. The number of rotatable bonds is 3. The van der Waals surface area contributed by atoms with Gasteiger partial charge in [0.2, 0.25) is 0 Å². The summed E-state index contributed by atoms with van der Waals surface area (Å²) in [5.41, 5.74) is 4.82. The summed E-state index contributed by atoms with van der Waals surface area (Å²) in [5.74, 6) is -0.331. The van der Waals surface area contributed by atoms with Crippen LogP contribution in [0.25, 0.3) is 0 Å². The molecular weight excluding hydrogens is 340 g/mol. The lowest BCUT2D eigenvalue weighted by molar-refractivity contribution is 0.0706. The van der Waals surface area contributed by atoms with Crippen LogP contribution in [0, 0.1) is 0 Å². The van der Waals surface area contributed by atoms with Gasteiger partial charge in [-0.25, -0.2) is 13.9 Å². The molecule has 0 aliphatic carbocycles. The molecule has 1 saturated heterocycles. The molecule has 2 unspecified atom stereocenters. The molecule has 2 aromatic carbocycles. The summed E-state index contributed by atoms with van der Waals surface area (Å²) < 4.78 is 24.9. The van der Waals surface area contributed by atoms with Gasteiger partial charge in [-0.05, 0) is 35.7 Å².